The molecule has 0 bridgehead atoms. The molecule has 12 heavy (non-hydrogen) atoms. The molecule has 0 aliphatic heterocycles. The molecule has 0 unspecified atom stereocenters. The first-order valence-corrected chi connectivity index (χ1v) is 3.91. The topological polar surface area (TPSA) is 19.9 Å². The first-order chi connectivity index (χ1) is 5.93. The molecule has 0 aliphatic rings. The molecule has 0 spiro atoms. The molecule has 61 valence electrons. The van der Waals surface area contributed by atoms with Gasteiger partial charge in [-0.15, -0.1) is 0 Å². The average molecular weight is 159 g/mol. The summed E-state index contributed by atoms with van der Waals surface area (Å²) in [7, 11) is 0. The van der Waals surface area contributed by atoms with Gasteiger partial charge in [0.05, 0.1) is 0 Å². The third kappa shape index (κ3) is 3.06. The smallest absolute Gasteiger partial charge is 0.142 e. The van der Waals surface area contributed by atoms with Crippen LogP contribution in [0, 0.1) is 0 Å². The van der Waals surface area contributed by atoms with Crippen molar-refractivity contribution in [3.8, 4) is 0 Å². The molecule has 0 saturated heterocycles. The van der Waals surface area contributed by atoms with Crippen LogP contribution in [-0.4, -0.2) is 0 Å². The third-order valence-electron chi connectivity index (χ3n) is 1.52. The number of rotatable bonds is 3. The van der Waals surface area contributed by atoms with E-state index in [9.17, 15) is 5.11 Å². The summed E-state index contributed by atoms with van der Waals surface area (Å²) < 4.78 is 0. The Bertz CT molecular complexity index is 260. The van der Waals surface area contributed by atoms with Gasteiger partial charge in [0.2, 0.25) is 0 Å². The van der Waals surface area contributed by atoms with Crippen molar-refractivity contribution in [1.82, 2.24) is 0 Å². The highest BCUT2D eigenvalue weighted by molar-refractivity contribution is 5.18. The van der Waals surface area contributed by atoms with E-state index in [1.165, 1.54) is 11.6 Å². The van der Waals surface area contributed by atoms with Crippen molar-refractivity contribution in [1.29, 1.82) is 0 Å². The SMILES string of the molecule is [O]/C=C/C=C/Cc1ccccc1. The molecule has 0 heterocycles. The molecule has 1 nitrogen and oxygen atoms in total. The molecule has 1 radical (unpaired) electrons. The van der Waals surface area contributed by atoms with E-state index in [-0.39, 0.29) is 0 Å². The normalized spacial score (nSPS) is 11.3. The molecule has 0 N–H and O–H groups in total. The van der Waals surface area contributed by atoms with Crippen LogP contribution in [0.1, 0.15) is 5.56 Å². The second-order valence-corrected chi connectivity index (χ2v) is 2.45. The quantitative estimate of drug-likeness (QED) is 0.477. The van der Waals surface area contributed by atoms with Gasteiger partial charge < -0.3 is 0 Å². The first kappa shape index (κ1) is 8.60. The Morgan fingerprint density at radius 3 is 2.50 bits per heavy atom. The maximum absolute atomic E-state index is 9.91. The highest BCUT2D eigenvalue weighted by Crippen LogP contribution is 1.99. The molecule has 0 fully saturated rings. The summed E-state index contributed by atoms with van der Waals surface area (Å²) in [4.78, 5) is 0. The van der Waals surface area contributed by atoms with E-state index in [4.69, 9.17) is 0 Å². The fourth-order valence-corrected chi connectivity index (χ4v) is 0.942. The Kier molecular flexibility index (Phi) is 3.72. The van der Waals surface area contributed by atoms with E-state index in [0.717, 1.165) is 12.7 Å². The molecule has 1 aromatic rings. The summed E-state index contributed by atoms with van der Waals surface area (Å²) in [6.07, 6.45) is 6.87. The van der Waals surface area contributed by atoms with Crippen LogP contribution < -0.4 is 0 Å². The molecule has 1 aromatic carbocycles. The maximum Gasteiger partial charge on any atom is 0.142 e. The van der Waals surface area contributed by atoms with Crippen LogP contribution >= 0.6 is 0 Å². The fourth-order valence-electron chi connectivity index (χ4n) is 0.942. The van der Waals surface area contributed by atoms with Crippen LogP contribution in [0.25, 0.3) is 0 Å². The van der Waals surface area contributed by atoms with Gasteiger partial charge in [-0.2, -0.15) is 0 Å². The zero-order valence-electron chi connectivity index (χ0n) is 6.81. The molecule has 0 aliphatic carbocycles. The fraction of sp³-hybridized carbons (Fsp3) is 0.0909. The standard InChI is InChI=1S/C11H11O/c12-10-6-2-5-9-11-7-3-1-4-8-11/h1-8,10H,9H2/b5-2+,10-6+. The lowest BCUT2D eigenvalue weighted by atomic mass is 10.1. The predicted molar refractivity (Wildman–Crippen MR) is 49.1 cm³/mol. The van der Waals surface area contributed by atoms with Crippen LogP contribution in [0.4, 0.5) is 0 Å². The Morgan fingerprint density at radius 1 is 1.08 bits per heavy atom. The van der Waals surface area contributed by atoms with Crippen molar-refractivity contribution < 1.29 is 5.11 Å². The van der Waals surface area contributed by atoms with E-state index < -0.39 is 0 Å². The Morgan fingerprint density at radius 2 is 1.83 bits per heavy atom. The van der Waals surface area contributed by atoms with Gasteiger partial charge in [0.1, 0.15) is 6.26 Å². The minimum absolute atomic E-state index is 0.779. The van der Waals surface area contributed by atoms with Gasteiger partial charge in [-0.05, 0) is 18.1 Å². The van der Waals surface area contributed by atoms with Gasteiger partial charge in [0, 0.05) is 0 Å². The van der Waals surface area contributed by atoms with E-state index in [2.05, 4.69) is 12.1 Å². The molecule has 0 amide bonds. The van der Waals surface area contributed by atoms with Crippen molar-refractivity contribution in [2.45, 2.75) is 6.42 Å². The molecule has 0 aromatic heterocycles. The summed E-state index contributed by atoms with van der Waals surface area (Å²) >= 11 is 0. The summed E-state index contributed by atoms with van der Waals surface area (Å²) in [6.45, 7) is 0. The van der Waals surface area contributed by atoms with Gasteiger partial charge in [0.15, 0.2) is 0 Å². The molecule has 0 saturated carbocycles. The Balaban J connectivity index is 2.43. The van der Waals surface area contributed by atoms with Gasteiger partial charge in [0.25, 0.3) is 0 Å². The van der Waals surface area contributed by atoms with Crippen LogP contribution in [0.3, 0.4) is 0 Å². The van der Waals surface area contributed by atoms with Gasteiger partial charge in [-0.3, -0.25) is 5.11 Å². The maximum atomic E-state index is 9.91. The summed E-state index contributed by atoms with van der Waals surface area (Å²) in [5.74, 6) is 0. The number of hydrogen-bond acceptors (Lipinski definition) is 0. The minimum Gasteiger partial charge on any atom is -0.299 e. The Labute approximate surface area is 72.7 Å². The van der Waals surface area contributed by atoms with Crippen LogP contribution in [-0.2, 0) is 11.5 Å². The van der Waals surface area contributed by atoms with E-state index >= 15 is 0 Å². The number of allylic oxidation sites excluding steroid dienone is 3. The van der Waals surface area contributed by atoms with Crippen LogP contribution in [0.2, 0.25) is 0 Å². The molecule has 1 rings (SSSR count). The molecule has 1 heteroatoms. The average Bonchev–Trinajstić information content (AvgIpc) is 2.14. The zero-order valence-corrected chi connectivity index (χ0v) is 6.81. The van der Waals surface area contributed by atoms with E-state index in [1.54, 1.807) is 6.08 Å². The zero-order chi connectivity index (χ0) is 8.65. The monoisotopic (exact) mass is 159 g/mol. The van der Waals surface area contributed by atoms with Crippen molar-refractivity contribution >= 4 is 0 Å². The summed E-state index contributed by atoms with van der Waals surface area (Å²) in [5.41, 5.74) is 1.26. The van der Waals surface area contributed by atoms with E-state index in [0.29, 0.717) is 0 Å². The molecular formula is C11H11O. The first-order valence-electron chi connectivity index (χ1n) is 3.91. The largest absolute Gasteiger partial charge is 0.299 e. The van der Waals surface area contributed by atoms with Crippen molar-refractivity contribution in [3.05, 3.63) is 60.4 Å². The molecule has 0 atom stereocenters. The van der Waals surface area contributed by atoms with Crippen molar-refractivity contribution in [2.24, 2.45) is 0 Å². The second-order valence-electron chi connectivity index (χ2n) is 2.45. The number of benzene rings is 1. The lowest BCUT2D eigenvalue weighted by Crippen LogP contribution is -1.77. The highest BCUT2D eigenvalue weighted by Gasteiger charge is 1.83. The Hall–Kier alpha value is -1.50. The lowest BCUT2D eigenvalue weighted by molar-refractivity contribution is 0.352. The molecular weight excluding hydrogens is 148 g/mol. The van der Waals surface area contributed by atoms with Crippen molar-refractivity contribution in [3.63, 3.8) is 0 Å². The van der Waals surface area contributed by atoms with Gasteiger partial charge >= 0.3 is 0 Å². The highest BCUT2D eigenvalue weighted by atomic mass is 16.2. The number of hydrogen-bond donors (Lipinski definition) is 0. The van der Waals surface area contributed by atoms with Gasteiger partial charge in [-0.1, -0.05) is 42.5 Å². The van der Waals surface area contributed by atoms with Crippen LogP contribution in [0.15, 0.2) is 54.8 Å². The van der Waals surface area contributed by atoms with Crippen molar-refractivity contribution in [2.75, 3.05) is 0 Å². The lowest BCUT2D eigenvalue weighted by Gasteiger charge is -1.92. The second kappa shape index (κ2) is 5.19. The summed E-state index contributed by atoms with van der Waals surface area (Å²) in [6, 6.07) is 10.1. The van der Waals surface area contributed by atoms with Crippen LogP contribution in [0.5, 0.6) is 0 Å². The van der Waals surface area contributed by atoms with Gasteiger partial charge in [-0.25, -0.2) is 0 Å². The predicted octanol–water partition coefficient (Wildman–Crippen LogP) is 2.73. The minimum atomic E-state index is 0.779. The van der Waals surface area contributed by atoms with E-state index in [1.807, 2.05) is 24.3 Å². The summed E-state index contributed by atoms with van der Waals surface area (Å²) in [5, 5.41) is 9.91. The third-order valence-corrected chi connectivity index (χ3v) is 1.52.